The van der Waals surface area contributed by atoms with Gasteiger partial charge in [-0.25, -0.2) is 0 Å². The maximum Gasteiger partial charge on any atom is 0.138 e. The van der Waals surface area contributed by atoms with Crippen molar-refractivity contribution in [3.63, 3.8) is 0 Å². The van der Waals surface area contributed by atoms with Crippen molar-refractivity contribution in [2.45, 2.75) is 4.90 Å². The monoisotopic (exact) mass is 292 g/mol. The fourth-order valence-corrected chi connectivity index (χ4v) is 2.15. The van der Waals surface area contributed by atoms with Gasteiger partial charge in [-0.2, -0.15) is 0 Å². The summed E-state index contributed by atoms with van der Waals surface area (Å²) >= 11 is 7.56. The minimum absolute atomic E-state index is 0.0711. The lowest BCUT2D eigenvalue weighted by molar-refractivity contribution is 0.481. The molecule has 0 bridgehead atoms. The third kappa shape index (κ3) is 3.43. The van der Waals surface area contributed by atoms with Crippen molar-refractivity contribution in [2.75, 3.05) is 6.26 Å². The van der Waals surface area contributed by atoms with E-state index in [1.807, 2.05) is 30.5 Å². The van der Waals surface area contributed by atoms with Gasteiger partial charge in [0.1, 0.15) is 17.3 Å². The molecule has 0 amide bonds. The number of amidine groups is 1. The molecule has 98 valence electrons. The second kappa shape index (κ2) is 5.99. The van der Waals surface area contributed by atoms with Gasteiger partial charge in [-0.1, -0.05) is 11.6 Å². The van der Waals surface area contributed by atoms with Crippen molar-refractivity contribution in [2.24, 2.45) is 5.73 Å². The summed E-state index contributed by atoms with van der Waals surface area (Å²) in [6.45, 7) is 0. The molecule has 2 aromatic carbocycles. The van der Waals surface area contributed by atoms with Gasteiger partial charge in [0.05, 0.1) is 5.56 Å². The standard InChI is InChI=1S/C14H13ClN2OS/c1-19-11-5-3-10(4-6-11)18-13-7-2-9(15)8-12(13)14(16)17/h2-8H,1H3,(H3,16,17). The Balaban J connectivity index is 2.29. The molecule has 0 heterocycles. The summed E-state index contributed by atoms with van der Waals surface area (Å²) in [6, 6.07) is 12.7. The summed E-state index contributed by atoms with van der Waals surface area (Å²) < 4.78 is 5.74. The second-order valence-corrected chi connectivity index (χ2v) is 5.15. The number of halogens is 1. The number of hydrogen-bond donors (Lipinski definition) is 2. The first kappa shape index (κ1) is 13.8. The molecule has 0 radical (unpaired) electrons. The van der Waals surface area contributed by atoms with Gasteiger partial charge in [-0.15, -0.1) is 11.8 Å². The maximum absolute atomic E-state index is 7.54. The lowest BCUT2D eigenvalue weighted by Crippen LogP contribution is -2.12. The van der Waals surface area contributed by atoms with Crippen molar-refractivity contribution >= 4 is 29.2 Å². The minimum atomic E-state index is -0.0711. The van der Waals surface area contributed by atoms with E-state index in [-0.39, 0.29) is 5.84 Å². The van der Waals surface area contributed by atoms with E-state index in [2.05, 4.69) is 0 Å². The van der Waals surface area contributed by atoms with Crippen molar-refractivity contribution < 1.29 is 4.74 Å². The second-order valence-electron chi connectivity index (χ2n) is 3.83. The van der Waals surface area contributed by atoms with Gasteiger partial charge in [0, 0.05) is 9.92 Å². The van der Waals surface area contributed by atoms with Crippen LogP contribution in [0.15, 0.2) is 47.4 Å². The highest BCUT2D eigenvalue weighted by atomic mass is 35.5. The number of rotatable bonds is 4. The van der Waals surface area contributed by atoms with Crippen LogP contribution in [0.1, 0.15) is 5.56 Å². The zero-order chi connectivity index (χ0) is 13.8. The first-order valence-electron chi connectivity index (χ1n) is 5.56. The van der Waals surface area contributed by atoms with Crippen LogP contribution in [0.3, 0.4) is 0 Å². The van der Waals surface area contributed by atoms with E-state index >= 15 is 0 Å². The summed E-state index contributed by atoms with van der Waals surface area (Å²) in [4.78, 5) is 1.16. The summed E-state index contributed by atoms with van der Waals surface area (Å²) in [6.07, 6.45) is 2.02. The molecule has 0 saturated carbocycles. The Bertz CT molecular complexity index is 599. The van der Waals surface area contributed by atoms with E-state index in [1.165, 1.54) is 0 Å². The quantitative estimate of drug-likeness (QED) is 0.506. The Hall–Kier alpha value is -1.65. The van der Waals surface area contributed by atoms with Crippen LogP contribution in [0, 0.1) is 5.41 Å². The third-order valence-corrected chi connectivity index (χ3v) is 3.50. The smallest absolute Gasteiger partial charge is 0.138 e. The van der Waals surface area contributed by atoms with Crippen molar-refractivity contribution in [3.8, 4) is 11.5 Å². The van der Waals surface area contributed by atoms with Crippen LogP contribution in [0.2, 0.25) is 5.02 Å². The Kier molecular flexibility index (Phi) is 4.35. The summed E-state index contributed by atoms with van der Waals surface area (Å²) in [5.74, 6) is 1.15. The number of hydrogen-bond acceptors (Lipinski definition) is 3. The molecule has 0 atom stereocenters. The molecule has 0 spiro atoms. The van der Waals surface area contributed by atoms with Crippen molar-refractivity contribution in [3.05, 3.63) is 53.1 Å². The zero-order valence-corrected chi connectivity index (χ0v) is 11.9. The molecule has 2 aromatic rings. The Morgan fingerprint density at radius 2 is 1.89 bits per heavy atom. The summed E-state index contributed by atoms with van der Waals surface area (Å²) in [5.41, 5.74) is 6.01. The molecule has 3 nitrogen and oxygen atoms in total. The van der Waals surface area contributed by atoms with Crippen LogP contribution in [-0.2, 0) is 0 Å². The number of nitrogens with one attached hydrogen (secondary N) is 1. The molecule has 3 N–H and O–H groups in total. The highest BCUT2D eigenvalue weighted by Gasteiger charge is 2.08. The van der Waals surface area contributed by atoms with E-state index < -0.39 is 0 Å². The fraction of sp³-hybridized carbons (Fsp3) is 0.0714. The molecule has 0 aliphatic heterocycles. The lowest BCUT2D eigenvalue weighted by atomic mass is 10.2. The Morgan fingerprint density at radius 1 is 1.21 bits per heavy atom. The van der Waals surface area contributed by atoms with Gasteiger partial charge in [0.2, 0.25) is 0 Å². The van der Waals surface area contributed by atoms with Crippen LogP contribution >= 0.6 is 23.4 Å². The number of nitrogen functional groups attached to an aromatic ring is 1. The summed E-state index contributed by atoms with van der Waals surface area (Å²) in [7, 11) is 0. The van der Waals surface area contributed by atoms with Gasteiger partial charge >= 0.3 is 0 Å². The average Bonchev–Trinajstić information content (AvgIpc) is 2.41. The predicted molar refractivity (Wildman–Crippen MR) is 80.8 cm³/mol. The van der Waals surface area contributed by atoms with Crippen LogP contribution in [0.25, 0.3) is 0 Å². The molecule has 0 aliphatic carbocycles. The first-order valence-corrected chi connectivity index (χ1v) is 7.16. The topological polar surface area (TPSA) is 59.1 Å². The van der Waals surface area contributed by atoms with E-state index in [0.29, 0.717) is 22.1 Å². The van der Waals surface area contributed by atoms with E-state index in [9.17, 15) is 0 Å². The highest BCUT2D eigenvalue weighted by molar-refractivity contribution is 7.98. The molecule has 0 saturated heterocycles. The van der Waals surface area contributed by atoms with Gasteiger partial charge in [0.15, 0.2) is 0 Å². The largest absolute Gasteiger partial charge is 0.457 e. The van der Waals surface area contributed by atoms with Crippen LogP contribution in [0.4, 0.5) is 0 Å². The van der Waals surface area contributed by atoms with Crippen LogP contribution < -0.4 is 10.5 Å². The molecule has 19 heavy (non-hydrogen) atoms. The van der Waals surface area contributed by atoms with Gasteiger partial charge in [0.25, 0.3) is 0 Å². The van der Waals surface area contributed by atoms with Gasteiger partial charge < -0.3 is 10.5 Å². The molecule has 0 unspecified atom stereocenters. The van der Waals surface area contributed by atoms with E-state index in [0.717, 1.165) is 4.90 Å². The summed E-state index contributed by atoms with van der Waals surface area (Å²) in [5, 5.41) is 8.06. The number of nitrogens with two attached hydrogens (primary N) is 1. The zero-order valence-electron chi connectivity index (χ0n) is 10.3. The minimum Gasteiger partial charge on any atom is -0.457 e. The third-order valence-electron chi connectivity index (χ3n) is 2.52. The Morgan fingerprint density at radius 3 is 2.47 bits per heavy atom. The SMILES string of the molecule is CSc1ccc(Oc2ccc(Cl)cc2C(=N)N)cc1. The van der Waals surface area contributed by atoms with Crippen molar-refractivity contribution in [1.82, 2.24) is 0 Å². The van der Waals surface area contributed by atoms with Crippen LogP contribution in [0.5, 0.6) is 11.5 Å². The molecule has 2 rings (SSSR count). The molecule has 0 fully saturated rings. The molecule has 5 heteroatoms. The maximum atomic E-state index is 7.54. The number of benzene rings is 2. The molecular formula is C14H13ClN2OS. The van der Waals surface area contributed by atoms with Gasteiger partial charge in [-0.05, 0) is 48.7 Å². The highest BCUT2D eigenvalue weighted by Crippen LogP contribution is 2.28. The van der Waals surface area contributed by atoms with E-state index in [4.69, 9.17) is 27.5 Å². The molecule has 0 aromatic heterocycles. The Labute approximate surface area is 121 Å². The first-order chi connectivity index (χ1) is 9.10. The van der Waals surface area contributed by atoms with E-state index in [1.54, 1.807) is 30.0 Å². The van der Waals surface area contributed by atoms with Crippen molar-refractivity contribution in [1.29, 1.82) is 5.41 Å². The lowest BCUT2D eigenvalue weighted by Gasteiger charge is -2.11. The van der Waals surface area contributed by atoms with Crippen LogP contribution in [-0.4, -0.2) is 12.1 Å². The fourth-order valence-electron chi connectivity index (χ4n) is 1.57. The normalized spacial score (nSPS) is 10.2. The molecule has 0 aliphatic rings. The predicted octanol–water partition coefficient (Wildman–Crippen LogP) is 4.14. The number of thioether (sulfide) groups is 1. The average molecular weight is 293 g/mol. The molecular weight excluding hydrogens is 280 g/mol. The number of ether oxygens (including phenoxy) is 1. The van der Waals surface area contributed by atoms with Gasteiger partial charge in [-0.3, -0.25) is 5.41 Å².